The van der Waals surface area contributed by atoms with E-state index in [-0.39, 0.29) is 4.70 Å². The van der Waals surface area contributed by atoms with Crippen molar-refractivity contribution < 1.29 is 9.50 Å². The molecule has 1 aromatic heterocycles. The highest BCUT2D eigenvalue weighted by Crippen LogP contribution is 2.20. The van der Waals surface area contributed by atoms with Gasteiger partial charge in [-0.1, -0.05) is 42.9 Å². The normalized spacial score (nSPS) is 17.8. The molecule has 1 aliphatic carbocycles. The summed E-state index contributed by atoms with van der Waals surface area (Å²) in [6.07, 6.45) is 13.4. The van der Waals surface area contributed by atoms with Gasteiger partial charge in [0.1, 0.15) is 6.29 Å². The Balaban J connectivity index is 0.000000318. The minimum atomic E-state index is 0. The number of aldehydes is 1. The SMILES string of the molecule is CC1=CC=C(c2cccc(CC=O)n2)CC=C1.CC1CCN(C)CC1.F. The average molecular weight is 359 g/mol. The van der Waals surface area contributed by atoms with E-state index in [2.05, 4.69) is 55.1 Å². The van der Waals surface area contributed by atoms with Crippen LogP contribution in [0.2, 0.25) is 0 Å². The monoisotopic (exact) mass is 358 g/mol. The fraction of sp³-hybridized carbons (Fsp3) is 0.455. The number of aromatic nitrogens is 1. The maximum atomic E-state index is 10.5. The van der Waals surface area contributed by atoms with Crippen LogP contribution in [0, 0.1) is 5.92 Å². The van der Waals surface area contributed by atoms with Gasteiger partial charge in [0.15, 0.2) is 0 Å². The predicted molar refractivity (Wildman–Crippen MR) is 108 cm³/mol. The van der Waals surface area contributed by atoms with E-state index in [1.807, 2.05) is 18.2 Å². The number of nitrogens with zero attached hydrogens (tertiary/aromatic N) is 2. The maximum Gasteiger partial charge on any atom is 0.125 e. The standard InChI is InChI=1S/C15H15NO.C7H15N.FH/c1-12-4-2-5-13(9-8-12)15-7-3-6-14(16-15)10-11-17;1-7-3-5-8(2)6-4-7;/h2-4,6-9,11H,5,10H2,1H3;7H,3-6H2,1-2H3;1H. The van der Waals surface area contributed by atoms with Gasteiger partial charge in [-0.15, -0.1) is 0 Å². The predicted octanol–water partition coefficient (Wildman–Crippen LogP) is 4.61. The number of allylic oxidation sites excluding steroid dienone is 6. The third-order valence-electron chi connectivity index (χ3n) is 4.70. The molecule has 0 aromatic carbocycles. The number of piperidine rings is 1. The summed E-state index contributed by atoms with van der Waals surface area (Å²) in [5.41, 5.74) is 4.21. The topological polar surface area (TPSA) is 33.2 Å². The van der Waals surface area contributed by atoms with Gasteiger partial charge in [0.2, 0.25) is 0 Å². The van der Waals surface area contributed by atoms with Gasteiger partial charge in [0, 0.05) is 12.1 Å². The molecule has 3 nitrogen and oxygen atoms in total. The lowest BCUT2D eigenvalue weighted by Crippen LogP contribution is -2.28. The van der Waals surface area contributed by atoms with E-state index in [4.69, 9.17) is 0 Å². The first-order valence-electron chi connectivity index (χ1n) is 9.21. The van der Waals surface area contributed by atoms with Crippen LogP contribution in [0.4, 0.5) is 4.70 Å². The van der Waals surface area contributed by atoms with Crippen LogP contribution in [-0.4, -0.2) is 36.3 Å². The molecule has 0 saturated carbocycles. The van der Waals surface area contributed by atoms with Crippen LogP contribution in [0.15, 0.2) is 48.1 Å². The molecule has 2 heterocycles. The second kappa shape index (κ2) is 11.5. The molecule has 4 heteroatoms. The summed E-state index contributed by atoms with van der Waals surface area (Å²) < 4.78 is 0. The first kappa shape index (κ1) is 22.0. The van der Waals surface area contributed by atoms with Crippen molar-refractivity contribution in [3.05, 3.63) is 59.5 Å². The second-order valence-corrected chi connectivity index (χ2v) is 7.08. The number of hydrogen-bond donors (Lipinski definition) is 0. The van der Waals surface area contributed by atoms with Crippen molar-refractivity contribution >= 4 is 11.9 Å². The molecular formula is C22H31FN2O. The van der Waals surface area contributed by atoms with Gasteiger partial charge in [-0.25, -0.2) is 0 Å². The molecule has 2 aliphatic rings. The summed E-state index contributed by atoms with van der Waals surface area (Å²) in [6.45, 7) is 7.03. The molecule has 0 spiro atoms. The zero-order valence-electron chi connectivity index (χ0n) is 16.1. The second-order valence-electron chi connectivity index (χ2n) is 7.08. The molecule has 3 rings (SSSR count). The van der Waals surface area contributed by atoms with E-state index in [0.29, 0.717) is 6.42 Å². The molecule has 26 heavy (non-hydrogen) atoms. The molecule has 0 atom stereocenters. The maximum absolute atomic E-state index is 10.5. The quantitative estimate of drug-likeness (QED) is 0.740. The molecule has 0 amide bonds. The van der Waals surface area contributed by atoms with Crippen LogP contribution in [0.25, 0.3) is 5.57 Å². The molecule has 1 aliphatic heterocycles. The summed E-state index contributed by atoms with van der Waals surface area (Å²) in [6, 6.07) is 5.82. The van der Waals surface area contributed by atoms with E-state index in [9.17, 15) is 4.79 Å². The summed E-state index contributed by atoms with van der Waals surface area (Å²) in [5, 5.41) is 0. The van der Waals surface area contributed by atoms with Crippen LogP contribution in [-0.2, 0) is 11.2 Å². The molecule has 0 N–H and O–H groups in total. The fourth-order valence-electron chi connectivity index (χ4n) is 2.91. The van der Waals surface area contributed by atoms with Gasteiger partial charge in [-0.3, -0.25) is 9.69 Å². The Morgan fingerprint density at radius 2 is 1.96 bits per heavy atom. The van der Waals surface area contributed by atoms with Crippen LogP contribution in [0.1, 0.15) is 44.5 Å². The Morgan fingerprint density at radius 3 is 2.62 bits per heavy atom. The number of carbonyl (C=O) groups excluding carboxylic acids is 1. The number of halogens is 1. The Bertz CT molecular complexity index is 646. The molecule has 0 unspecified atom stereocenters. The third kappa shape index (κ3) is 7.44. The van der Waals surface area contributed by atoms with Crippen molar-refractivity contribution in [3.63, 3.8) is 0 Å². The van der Waals surface area contributed by atoms with E-state index < -0.39 is 0 Å². The van der Waals surface area contributed by atoms with Crippen LogP contribution in [0.5, 0.6) is 0 Å². The van der Waals surface area contributed by atoms with Crippen molar-refractivity contribution in [2.24, 2.45) is 5.92 Å². The van der Waals surface area contributed by atoms with Gasteiger partial charge in [0.25, 0.3) is 0 Å². The van der Waals surface area contributed by atoms with Crippen molar-refractivity contribution in [1.29, 1.82) is 0 Å². The summed E-state index contributed by atoms with van der Waals surface area (Å²) in [7, 11) is 2.20. The lowest BCUT2D eigenvalue weighted by atomic mass is 10.00. The minimum absolute atomic E-state index is 0. The van der Waals surface area contributed by atoms with Gasteiger partial charge in [0.05, 0.1) is 5.69 Å². The minimum Gasteiger partial charge on any atom is -0.306 e. The Labute approximate surface area is 156 Å². The highest BCUT2D eigenvalue weighted by molar-refractivity contribution is 5.67. The Morgan fingerprint density at radius 1 is 1.23 bits per heavy atom. The summed E-state index contributed by atoms with van der Waals surface area (Å²) in [4.78, 5) is 17.4. The highest BCUT2D eigenvalue weighted by atomic mass is 19.0. The average Bonchev–Trinajstić information content (AvgIpc) is 2.83. The van der Waals surface area contributed by atoms with Gasteiger partial charge in [-0.2, -0.15) is 0 Å². The smallest absolute Gasteiger partial charge is 0.125 e. The van der Waals surface area contributed by atoms with Crippen molar-refractivity contribution in [3.8, 4) is 0 Å². The van der Waals surface area contributed by atoms with Crippen LogP contribution in [0.3, 0.4) is 0 Å². The first-order chi connectivity index (χ1) is 12.1. The fourth-order valence-corrected chi connectivity index (χ4v) is 2.91. The number of likely N-dealkylation sites (tertiary alicyclic amines) is 1. The molecule has 1 fully saturated rings. The molecule has 0 bridgehead atoms. The van der Waals surface area contributed by atoms with E-state index in [1.54, 1.807) is 0 Å². The van der Waals surface area contributed by atoms with Gasteiger partial charge >= 0.3 is 0 Å². The molecule has 1 saturated heterocycles. The van der Waals surface area contributed by atoms with Crippen molar-refractivity contribution in [2.45, 2.75) is 39.5 Å². The number of carbonyl (C=O) groups is 1. The van der Waals surface area contributed by atoms with Gasteiger partial charge < -0.3 is 9.69 Å². The first-order valence-corrected chi connectivity index (χ1v) is 9.21. The zero-order valence-corrected chi connectivity index (χ0v) is 16.1. The number of hydrogen-bond acceptors (Lipinski definition) is 3. The summed E-state index contributed by atoms with van der Waals surface area (Å²) in [5.74, 6) is 0.978. The molecular weight excluding hydrogens is 327 g/mol. The van der Waals surface area contributed by atoms with Crippen molar-refractivity contribution in [2.75, 3.05) is 20.1 Å². The summed E-state index contributed by atoms with van der Waals surface area (Å²) >= 11 is 0. The van der Waals surface area contributed by atoms with Crippen LogP contribution >= 0.6 is 0 Å². The van der Waals surface area contributed by atoms with Crippen molar-refractivity contribution in [1.82, 2.24) is 9.88 Å². The van der Waals surface area contributed by atoms with E-state index in [0.717, 1.165) is 30.0 Å². The lowest BCUT2D eigenvalue weighted by Gasteiger charge is -2.26. The van der Waals surface area contributed by atoms with E-state index in [1.165, 1.54) is 37.1 Å². The Hall–Kier alpha value is -2.07. The molecule has 142 valence electrons. The number of rotatable bonds is 3. The van der Waals surface area contributed by atoms with Gasteiger partial charge in [-0.05, 0) is 69.9 Å². The molecule has 0 radical (unpaired) electrons. The lowest BCUT2D eigenvalue weighted by molar-refractivity contribution is -0.107. The largest absolute Gasteiger partial charge is 0.306 e. The van der Waals surface area contributed by atoms with E-state index >= 15 is 0 Å². The Kier molecular flexibility index (Phi) is 9.74. The zero-order chi connectivity index (χ0) is 18.1. The highest BCUT2D eigenvalue weighted by Gasteiger charge is 2.10. The van der Waals surface area contributed by atoms with Crippen LogP contribution < -0.4 is 0 Å². The molecule has 1 aromatic rings. The number of pyridine rings is 1. The third-order valence-corrected chi connectivity index (χ3v) is 4.70.